The molecule has 1 amide bonds. The summed E-state index contributed by atoms with van der Waals surface area (Å²) in [6.07, 6.45) is 6.00. The van der Waals surface area contributed by atoms with Gasteiger partial charge in [-0.3, -0.25) is 4.79 Å². The molecule has 0 saturated heterocycles. The highest BCUT2D eigenvalue weighted by Gasteiger charge is 2.54. The number of fused-ring (bicyclic) bond motifs is 9. The largest absolute Gasteiger partial charge is 0.404 e. The van der Waals surface area contributed by atoms with Gasteiger partial charge in [0, 0.05) is 52.2 Å². The van der Waals surface area contributed by atoms with Crippen molar-refractivity contribution in [2.45, 2.75) is 82.8 Å². The number of rotatable bonds is 4. The van der Waals surface area contributed by atoms with Gasteiger partial charge in [0.25, 0.3) is 5.91 Å². The monoisotopic (exact) mass is 578 g/mol. The van der Waals surface area contributed by atoms with Crippen LogP contribution in [0.25, 0.3) is 22.2 Å². The van der Waals surface area contributed by atoms with Gasteiger partial charge in [0.1, 0.15) is 11.4 Å². The maximum absolute atomic E-state index is 13.8. The lowest BCUT2D eigenvalue weighted by molar-refractivity contribution is 0.0734. The number of nitrogens with zero attached hydrogens (tertiary/aromatic N) is 5. The van der Waals surface area contributed by atoms with Crippen LogP contribution in [0.4, 0.5) is 0 Å². The second-order valence-corrected chi connectivity index (χ2v) is 18.0. The van der Waals surface area contributed by atoms with E-state index in [1.54, 1.807) is 19.1 Å². The van der Waals surface area contributed by atoms with Gasteiger partial charge in [-0.25, -0.2) is 15.0 Å². The first-order valence-electron chi connectivity index (χ1n) is 16.1. The summed E-state index contributed by atoms with van der Waals surface area (Å²) in [6, 6.07) is 10.4. The zero-order chi connectivity index (χ0) is 32.1. The predicted molar refractivity (Wildman–Crippen MR) is 167 cm³/mol. The summed E-state index contributed by atoms with van der Waals surface area (Å²) in [4.78, 5) is 29.3. The summed E-state index contributed by atoms with van der Waals surface area (Å²) < 4.78 is 33.8. The van der Waals surface area contributed by atoms with Crippen molar-refractivity contribution in [2.75, 3.05) is 6.98 Å². The van der Waals surface area contributed by atoms with E-state index in [4.69, 9.17) is 23.5 Å². The molecule has 2 atom stereocenters. The molecule has 3 aliphatic rings. The maximum atomic E-state index is 13.8. The molecule has 0 unspecified atom stereocenters. The van der Waals surface area contributed by atoms with E-state index in [9.17, 15) is 4.79 Å². The molecule has 8 heteroatoms. The number of amides is 1. The molecule has 1 fully saturated rings. The molecule has 1 aliphatic carbocycles. The van der Waals surface area contributed by atoms with Crippen molar-refractivity contribution >= 4 is 25.3 Å². The molecule has 4 aromatic rings. The first kappa shape index (κ1) is 23.7. The number of hydrogen-bond donors (Lipinski definition) is 0. The van der Waals surface area contributed by atoms with E-state index < -0.39 is 32.8 Å². The fourth-order valence-corrected chi connectivity index (χ4v) is 7.79. The van der Waals surface area contributed by atoms with Crippen molar-refractivity contribution in [3.8, 4) is 23.0 Å². The van der Waals surface area contributed by atoms with Crippen LogP contribution in [0.2, 0.25) is 18.1 Å². The number of carbonyl (C=O) groups is 1. The lowest BCUT2D eigenvalue weighted by Crippen LogP contribution is -2.44. The molecule has 0 N–H and O–H groups in total. The molecule has 7 nitrogen and oxygen atoms in total. The molecule has 2 bridgehead atoms. The fraction of sp³-hybridized carbons (Fsp3) is 0.412. The molecule has 4 heterocycles. The minimum Gasteiger partial charge on any atom is -0.404 e. The molecule has 42 heavy (non-hydrogen) atoms. The molecule has 7 rings (SSSR count). The minimum absolute atomic E-state index is 0.0962. The summed E-state index contributed by atoms with van der Waals surface area (Å²) in [5.74, 6) is 6.92. The van der Waals surface area contributed by atoms with Crippen molar-refractivity contribution in [1.29, 1.82) is 0 Å². The zero-order valence-electron chi connectivity index (χ0n) is 27.9. The van der Waals surface area contributed by atoms with Crippen LogP contribution in [0.15, 0.2) is 48.8 Å². The van der Waals surface area contributed by atoms with Crippen LogP contribution in [-0.4, -0.2) is 45.6 Å². The molecular weight excluding hydrogens is 538 g/mol. The van der Waals surface area contributed by atoms with Gasteiger partial charge in [0.05, 0.1) is 23.1 Å². The molecule has 2 aliphatic heterocycles. The highest BCUT2D eigenvalue weighted by molar-refractivity contribution is 6.74. The van der Waals surface area contributed by atoms with Crippen molar-refractivity contribution in [2.24, 2.45) is 0 Å². The summed E-state index contributed by atoms with van der Waals surface area (Å²) in [5.41, 5.74) is 4.85. The zero-order valence-corrected chi connectivity index (χ0v) is 25.9. The highest BCUT2D eigenvalue weighted by atomic mass is 28.4. The molecule has 0 radical (unpaired) electrons. The lowest BCUT2D eigenvalue weighted by atomic mass is 9.93. The molecule has 1 saturated carbocycles. The van der Waals surface area contributed by atoms with Crippen molar-refractivity contribution < 1.29 is 13.3 Å². The summed E-state index contributed by atoms with van der Waals surface area (Å²) in [7, 11) is -2.00. The average Bonchev–Trinajstić information content (AvgIpc) is 3.55. The molecule has 2 aromatic carbocycles. The number of benzene rings is 2. The summed E-state index contributed by atoms with van der Waals surface area (Å²) in [5, 5.41) is 0.0962. The van der Waals surface area contributed by atoms with E-state index in [2.05, 4.69) is 56.3 Å². The van der Waals surface area contributed by atoms with Crippen LogP contribution in [0.5, 0.6) is 0 Å². The molecule has 214 valence electrons. The third-order valence-electron chi connectivity index (χ3n) is 9.59. The highest BCUT2D eigenvalue weighted by Crippen LogP contribution is 2.53. The Labute approximate surface area is 252 Å². The normalized spacial score (nSPS) is 21.9. The van der Waals surface area contributed by atoms with Gasteiger partial charge in [0.2, 0.25) is 0 Å². The van der Waals surface area contributed by atoms with Crippen LogP contribution in [0.3, 0.4) is 0 Å². The Morgan fingerprint density at radius 1 is 1.10 bits per heavy atom. The minimum atomic E-state index is -2.63. The van der Waals surface area contributed by atoms with Crippen LogP contribution in [0.1, 0.15) is 96.3 Å². The Kier molecular flexibility index (Phi) is 5.14. The Morgan fingerprint density at radius 3 is 2.52 bits per heavy atom. The van der Waals surface area contributed by atoms with E-state index in [1.807, 2.05) is 30.6 Å². The number of carbonyl (C=O) groups excluding carboxylic acids is 1. The van der Waals surface area contributed by atoms with Gasteiger partial charge < -0.3 is 13.9 Å². The lowest BCUT2D eigenvalue weighted by Gasteiger charge is -2.39. The van der Waals surface area contributed by atoms with Gasteiger partial charge in [-0.15, -0.1) is 5.92 Å². The van der Waals surface area contributed by atoms with Gasteiger partial charge in [-0.05, 0) is 67.7 Å². The topological polar surface area (TPSA) is 73.1 Å². The van der Waals surface area contributed by atoms with Crippen molar-refractivity contribution in [1.82, 2.24) is 24.4 Å². The summed E-state index contributed by atoms with van der Waals surface area (Å²) >= 11 is 0. The van der Waals surface area contributed by atoms with Crippen LogP contribution < -0.4 is 0 Å². The van der Waals surface area contributed by atoms with Crippen molar-refractivity contribution in [3.63, 3.8) is 0 Å². The van der Waals surface area contributed by atoms with E-state index >= 15 is 0 Å². The number of imidazole rings is 1. The van der Waals surface area contributed by atoms with Gasteiger partial charge in [-0.1, -0.05) is 38.8 Å². The Morgan fingerprint density at radius 2 is 1.86 bits per heavy atom. The number of hydrogen-bond acceptors (Lipinski definition) is 5. The Bertz CT molecular complexity index is 1930. The Balaban J connectivity index is 1.31. The number of aromatic nitrogens is 4. The quantitative estimate of drug-likeness (QED) is 0.193. The van der Waals surface area contributed by atoms with Gasteiger partial charge in [0.15, 0.2) is 14.1 Å². The predicted octanol–water partition coefficient (Wildman–Crippen LogP) is 7.00. The second kappa shape index (κ2) is 9.10. The van der Waals surface area contributed by atoms with Gasteiger partial charge >= 0.3 is 0 Å². The van der Waals surface area contributed by atoms with Crippen LogP contribution in [0, 0.1) is 11.8 Å². The van der Waals surface area contributed by atoms with E-state index in [0.29, 0.717) is 17.8 Å². The van der Waals surface area contributed by atoms with E-state index in [0.717, 1.165) is 56.9 Å². The fourth-order valence-electron chi connectivity index (χ4n) is 6.21. The van der Waals surface area contributed by atoms with Crippen LogP contribution >= 0.6 is 0 Å². The van der Waals surface area contributed by atoms with E-state index in [-0.39, 0.29) is 11.1 Å². The van der Waals surface area contributed by atoms with Crippen molar-refractivity contribution in [3.05, 3.63) is 77.1 Å². The Hall–Kier alpha value is -3.80. The van der Waals surface area contributed by atoms with E-state index in [1.165, 1.54) is 0 Å². The smallest absolute Gasteiger partial charge is 0.254 e. The standard InChI is InChI=1S/C34H37N5O2Si/c1-8-10-21-11-9-12-24-29(21)27-18-28(38(5)31(24)40)30-37-25-14-13-22(17-26(25)39(27)30)23-19-35-32(36-20-23)34(15-16-34)41-42(6,7)33(2,3)4/h9,11-14,17,19-20,27-28H,15-16,18H2,1-7H3/t27-,28-/m1/s1/i5D3. The first-order valence-corrected chi connectivity index (χ1v) is 17.5. The third-order valence-corrected chi connectivity index (χ3v) is 14.1. The molecule has 2 aromatic heterocycles. The van der Waals surface area contributed by atoms with Crippen LogP contribution in [-0.2, 0) is 10.0 Å². The summed E-state index contributed by atoms with van der Waals surface area (Å²) in [6.45, 7) is 10.4. The third kappa shape index (κ3) is 3.98. The SMILES string of the molecule is [2H]C([2H])([2H])N1C(=O)c2cccc(C#CC)c2[C@H]2C[C@@H]1c1nc3ccc(-c4cnc(C5(O[Si](C)(C)C(C)(C)C)CC5)nc4)cc3n12. The van der Waals surface area contributed by atoms with Gasteiger partial charge in [-0.2, -0.15) is 0 Å². The maximum Gasteiger partial charge on any atom is 0.254 e. The molecule has 0 spiro atoms. The molecular formula is C34H37N5O2Si. The second-order valence-electron chi connectivity index (χ2n) is 13.3. The average molecular weight is 579 g/mol. The first-order chi connectivity index (χ1) is 21.1.